The van der Waals surface area contributed by atoms with E-state index in [0.29, 0.717) is 108 Å². The number of aromatic nitrogens is 8. The second kappa shape index (κ2) is 27.8. The Bertz CT molecular complexity index is 2980. The van der Waals surface area contributed by atoms with Crippen LogP contribution in [0.15, 0.2) is 24.8 Å². The molecule has 0 saturated heterocycles. The molecule has 17 nitrogen and oxygen atoms in total. The smallest absolute Gasteiger partial charge is 0.159 e. The molecule has 12 aliphatic carbocycles. The standard InChI is InChI=1S/C26H40N2O3.2C25H39N3O3.CH4/c1-17-14-27-28(15-17)16-24(31)23-6-5-21-20-4-3-18-13-19(30)7-10-26(18,11-12-29)22(20)8-9-25(21,23)2;1-16-14-26-27-28(16)15-23(31)22-6-5-20-19-4-3-17-13-18(30)7-10-25(17,11-12-29)21(19)8-9-24(20,22)2;1-16-14-26-28(27-16)15-23(31)22-6-5-20-19-4-3-17-13-18(30)7-10-25(17,11-12-29)21(19)8-9-24(20,22)2;/h14-15,18-23,29-30H,3-13,16H2,1-2H3;2*14,17-22,29-30H,3-13,15H2,1-2H3;1H4/t18-,19+,20-,21-,22-,23+,25-,26+;2*17-,18+,19-,20-,21-,22+,24-,25+;/m000./s1. The number of carbonyl (C=O) groups excluding carboxylic acids is 3. The summed E-state index contributed by atoms with van der Waals surface area (Å²) in [5, 5.41) is 81.9. The van der Waals surface area contributed by atoms with Gasteiger partial charge in [-0.3, -0.25) is 19.1 Å². The third-order valence-corrected chi connectivity index (χ3v) is 31.1. The molecular formula is C77H122N8O9. The molecule has 0 bridgehead atoms. The van der Waals surface area contributed by atoms with Crippen LogP contribution in [0.1, 0.15) is 238 Å². The summed E-state index contributed by atoms with van der Waals surface area (Å²) < 4.78 is 3.56. The Labute approximate surface area is 561 Å². The van der Waals surface area contributed by atoms with Crippen molar-refractivity contribution in [3.05, 3.63) is 41.7 Å². The van der Waals surface area contributed by atoms with E-state index in [9.17, 15) is 45.0 Å². The molecule has 3 aromatic heterocycles. The zero-order valence-corrected chi connectivity index (χ0v) is 57.6. The lowest BCUT2D eigenvalue weighted by atomic mass is 9.43. The van der Waals surface area contributed by atoms with Crippen LogP contribution in [0.2, 0.25) is 0 Å². The predicted molar refractivity (Wildman–Crippen MR) is 360 cm³/mol. The second-order valence-corrected chi connectivity index (χ2v) is 34.5. The molecule has 12 fully saturated rings. The molecule has 524 valence electrons. The van der Waals surface area contributed by atoms with Gasteiger partial charge in [-0.2, -0.15) is 20.1 Å². The van der Waals surface area contributed by atoms with E-state index in [0.717, 1.165) is 145 Å². The zero-order valence-electron chi connectivity index (χ0n) is 57.6. The van der Waals surface area contributed by atoms with Crippen molar-refractivity contribution >= 4 is 17.3 Å². The number of fused-ring (bicyclic) bond motifs is 15. The molecule has 12 saturated carbocycles. The van der Waals surface area contributed by atoms with Crippen LogP contribution in [0.3, 0.4) is 0 Å². The van der Waals surface area contributed by atoms with Crippen molar-refractivity contribution in [2.75, 3.05) is 19.8 Å². The minimum atomic E-state index is -0.157. The number of aliphatic hydroxyl groups is 6. The average molecular weight is 1300 g/mol. The fourth-order valence-corrected chi connectivity index (χ4v) is 27.0. The SMILES string of the molecule is C.Cc1cnn(CC(=O)[C@H]2CC[C@H]3[C@@H]4CC[C@H]5C[C@H](O)CC[C@]5(CCO)[C@H]4CC[C@]23C)c1.Cc1cnn(CC(=O)[C@H]2CC[C@H]3[C@@H]4CC[C@H]5C[C@H](O)CC[C@]5(CCO)[C@H]4CC[C@]23C)n1.Cc1cnnn1CC(=O)[C@H]1CC[C@H]2[C@@H]3CC[C@H]4C[C@H](O)CC[C@]4(CCO)[C@H]3CC[C@]12C. The van der Waals surface area contributed by atoms with Gasteiger partial charge in [-0.1, -0.05) is 33.4 Å². The normalized spacial score (nSPS) is 43.9. The van der Waals surface area contributed by atoms with Crippen LogP contribution in [0, 0.1) is 142 Å². The molecule has 17 heteroatoms. The van der Waals surface area contributed by atoms with Crippen LogP contribution in [0.5, 0.6) is 0 Å². The summed E-state index contributed by atoms with van der Waals surface area (Å²) in [5.41, 5.74) is 3.82. The molecule has 0 radical (unpaired) electrons. The van der Waals surface area contributed by atoms with Crippen molar-refractivity contribution in [1.29, 1.82) is 0 Å². The van der Waals surface area contributed by atoms with E-state index in [-0.39, 0.29) is 95.8 Å². The fraction of sp³-hybridized carbons (Fsp3) is 0.870. The van der Waals surface area contributed by atoms with E-state index < -0.39 is 0 Å². The van der Waals surface area contributed by atoms with E-state index >= 15 is 0 Å². The minimum absolute atomic E-state index is 0. The molecule has 24 atom stereocenters. The Morgan fingerprint density at radius 2 is 0.872 bits per heavy atom. The molecule has 0 spiro atoms. The van der Waals surface area contributed by atoms with E-state index in [1.807, 2.05) is 37.8 Å². The largest absolute Gasteiger partial charge is 0.396 e. The fourth-order valence-electron chi connectivity index (χ4n) is 27.0. The Balaban J connectivity index is 0.000000135. The van der Waals surface area contributed by atoms with Gasteiger partial charge in [0.15, 0.2) is 17.3 Å². The van der Waals surface area contributed by atoms with Gasteiger partial charge in [0.05, 0.1) is 54.8 Å². The zero-order chi connectivity index (χ0) is 65.4. The molecule has 3 heterocycles. The molecule has 0 amide bonds. The third-order valence-electron chi connectivity index (χ3n) is 31.1. The van der Waals surface area contributed by atoms with Crippen LogP contribution in [0.4, 0.5) is 0 Å². The number of nitrogens with zero attached hydrogens (tertiary/aromatic N) is 8. The van der Waals surface area contributed by atoms with Gasteiger partial charge in [-0.15, -0.1) is 5.10 Å². The first-order valence-electron chi connectivity index (χ1n) is 37.8. The van der Waals surface area contributed by atoms with Crippen molar-refractivity contribution in [2.24, 2.45) is 121 Å². The highest BCUT2D eigenvalue weighted by Gasteiger charge is 2.66. The lowest BCUT2D eigenvalue weighted by molar-refractivity contribution is -0.149. The van der Waals surface area contributed by atoms with Crippen LogP contribution in [-0.2, 0) is 34.0 Å². The summed E-state index contributed by atoms with van der Waals surface area (Å²) in [6.07, 6.45) is 38.8. The highest BCUT2D eigenvalue weighted by Crippen LogP contribution is 2.72. The van der Waals surface area contributed by atoms with Crippen molar-refractivity contribution in [3.63, 3.8) is 0 Å². The Morgan fingerprint density at radius 1 is 0.468 bits per heavy atom. The number of aliphatic hydroxyl groups excluding tert-OH is 6. The summed E-state index contributed by atoms with van der Waals surface area (Å²) in [7, 11) is 0. The highest BCUT2D eigenvalue weighted by molar-refractivity contribution is 5.83. The van der Waals surface area contributed by atoms with Gasteiger partial charge in [0.2, 0.25) is 0 Å². The highest BCUT2D eigenvalue weighted by atomic mass is 16.3. The van der Waals surface area contributed by atoms with Crippen LogP contribution < -0.4 is 0 Å². The third kappa shape index (κ3) is 12.2. The van der Waals surface area contributed by atoms with E-state index in [2.05, 4.69) is 46.4 Å². The maximum Gasteiger partial charge on any atom is 0.159 e. The predicted octanol–water partition coefficient (Wildman–Crippen LogP) is 11.9. The van der Waals surface area contributed by atoms with Gasteiger partial charge in [-0.25, -0.2) is 4.68 Å². The monoisotopic (exact) mass is 1300 g/mol. The maximum absolute atomic E-state index is 13.4. The number of ketones is 3. The van der Waals surface area contributed by atoms with Gasteiger partial charge in [0.25, 0.3) is 0 Å². The van der Waals surface area contributed by atoms with E-state index in [4.69, 9.17) is 0 Å². The van der Waals surface area contributed by atoms with Gasteiger partial charge >= 0.3 is 0 Å². The van der Waals surface area contributed by atoms with Crippen molar-refractivity contribution in [3.8, 4) is 0 Å². The second-order valence-electron chi connectivity index (χ2n) is 34.5. The molecule has 0 aromatic carbocycles. The summed E-state index contributed by atoms with van der Waals surface area (Å²) >= 11 is 0. The van der Waals surface area contributed by atoms with Crippen LogP contribution >= 0.6 is 0 Å². The number of aryl methyl sites for hydroxylation is 3. The molecular weight excluding hydrogens is 1180 g/mol. The van der Waals surface area contributed by atoms with Gasteiger partial charge < -0.3 is 30.6 Å². The van der Waals surface area contributed by atoms with Gasteiger partial charge in [-0.05, 0) is 322 Å². The number of Topliss-reactive ketones (excluding diaryl/α,β-unsaturated/α-hetero) is 3. The Kier molecular flexibility index (Phi) is 20.7. The topological polar surface area (TPSA) is 252 Å². The van der Waals surface area contributed by atoms with Crippen LogP contribution in [0.25, 0.3) is 0 Å². The minimum Gasteiger partial charge on any atom is -0.396 e. The van der Waals surface area contributed by atoms with Crippen LogP contribution in [-0.4, -0.2) is 126 Å². The van der Waals surface area contributed by atoms with Crippen molar-refractivity contribution in [2.45, 2.75) is 280 Å². The van der Waals surface area contributed by atoms with Gasteiger partial charge in [0.1, 0.15) is 13.1 Å². The number of hydrogen-bond donors (Lipinski definition) is 6. The summed E-state index contributed by atoms with van der Waals surface area (Å²) in [6.45, 7) is 14.9. The summed E-state index contributed by atoms with van der Waals surface area (Å²) in [4.78, 5) is 41.6. The van der Waals surface area contributed by atoms with Crippen molar-refractivity contribution < 1.29 is 45.0 Å². The van der Waals surface area contributed by atoms with Gasteiger partial charge in [0, 0.05) is 43.8 Å². The molecule has 15 rings (SSSR count). The Morgan fingerprint density at radius 3 is 1.22 bits per heavy atom. The molecule has 12 aliphatic rings. The molecule has 6 N–H and O–H groups in total. The molecule has 3 aromatic rings. The number of carbonyl (C=O) groups is 3. The van der Waals surface area contributed by atoms with E-state index in [1.165, 1.54) is 64.2 Å². The molecule has 0 unspecified atom stereocenters. The molecule has 0 aliphatic heterocycles. The number of rotatable bonds is 15. The first-order chi connectivity index (χ1) is 44.6. The summed E-state index contributed by atoms with van der Waals surface area (Å²) in [6, 6.07) is 0. The Hall–Kier alpha value is -3.74. The first-order valence-corrected chi connectivity index (χ1v) is 37.8. The molecule has 94 heavy (non-hydrogen) atoms. The van der Waals surface area contributed by atoms with Crippen molar-refractivity contribution in [1.82, 2.24) is 39.8 Å². The average Bonchev–Trinajstić information content (AvgIpc) is 1.38. The quantitative estimate of drug-likeness (QED) is 0.0828. The maximum atomic E-state index is 13.4. The number of hydrogen-bond acceptors (Lipinski definition) is 14. The lowest BCUT2D eigenvalue weighted by Crippen LogP contribution is -2.55. The lowest BCUT2D eigenvalue weighted by Gasteiger charge is -2.62. The van der Waals surface area contributed by atoms with E-state index in [1.54, 1.807) is 21.9 Å². The summed E-state index contributed by atoms with van der Waals surface area (Å²) in [5.74, 6) is 8.90. The first kappa shape index (κ1) is 70.1.